The number of aliphatic carboxylic acids is 1. The zero-order valence-corrected chi connectivity index (χ0v) is 17.1. The van der Waals surface area contributed by atoms with Crippen molar-refractivity contribution in [3.63, 3.8) is 0 Å². The van der Waals surface area contributed by atoms with Gasteiger partial charge < -0.3 is 44.2 Å². The predicted octanol–water partition coefficient (Wildman–Crippen LogP) is 0.445. The number of benzene rings is 2. The topological polar surface area (TPSA) is 176 Å². The number of aliphatic hydroxyl groups excluding tert-OH is 3. The van der Waals surface area contributed by atoms with Crippen molar-refractivity contribution in [2.24, 2.45) is 0 Å². The highest BCUT2D eigenvalue weighted by atomic mass is 16.7. The van der Waals surface area contributed by atoms with Crippen LogP contribution < -0.4 is 14.9 Å². The molecule has 5 N–H and O–H groups in total. The van der Waals surface area contributed by atoms with Gasteiger partial charge in [-0.2, -0.15) is 0 Å². The standard InChI is InChI=1S/C22H20O11/c1-30-10-4-2-9(3-5-10)12-8-31-14-7-11(6-13(23)15(14)16(12)24)32-22-19(27)17(25)18(26)20(33-22)21(28)29/h2-8,17-20,22-23,25-27H,1H3,(H,28,29)/t17-,18-,19+,20-,22-/m1/s1. The molecule has 1 aliphatic rings. The number of aliphatic hydroxyl groups is 3. The normalized spacial score (nSPS) is 25.0. The van der Waals surface area contributed by atoms with Gasteiger partial charge in [0, 0.05) is 12.1 Å². The molecule has 0 unspecified atom stereocenters. The van der Waals surface area contributed by atoms with Crippen LogP contribution in [0.2, 0.25) is 0 Å². The molecule has 4 rings (SSSR count). The van der Waals surface area contributed by atoms with Crippen LogP contribution in [0.4, 0.5) is 0 Å². The fourth-order valence-electron chi connectivity index (χ4n) is 3.53. The summed E-state index contributed by atoms with van der Waals surface area (Å²) in [7, 11) is 1.51. The van der Waals surface area contributed by atoms with Gasteiger partial charge in [-0.15, -0.1) is 0 Å². The molecule has 174 valence electrons. The molecule has 2 aromatic carbocycles. The number of carboxylic acids is 1. The Labute approximate surface area is 185 Å². The fraction of sp³-hybridized carbons (Fsp3) is 0.273. The van der Waals surface area contributed by atoms with Gasteiger partial charge in [0.25, 0.3) is 0 Å². The molecule has 0 amide bonds. The van der Waals surface area contributed by atoms with Crippen LogP contribution in [0.5, 0.6) is 17.2 Å². The molecule has 1 saturated heterocycles. The van der Waals surface area contributed by atoms with Crippen molar-refractivity contribution in [1.82, 2.24) is 0 Å². The molecular formula is C22H20O11. The Morgan fingerprint density at radius 1 is 1.00 bits per heavy atom. The lowest BCUT2D eigenvalue weighted by molar-refractivity contribution is -0.271. The summed E-state index contributed by atoms with van der Waals surface area (Å²) in [5.41, 5.74) is 0.176. The van der Waals surface area contributed by atoms with Crippen LogP contribution in [0, 0.1) is 0 Å². The van der Waals surface area contributed by atoms with Gasteiger partial charge in [0.2, 0.25) is 11.7 Å². The second kappa shape index (κ2) is 8.71. The summed E-state index contributed by atoms with van der Waals surface area (Å²) in [6.45, 7) is 0. The number of aromatic hydroxyl groups is 1. The lowest BCUT2D eigenvalue weighted by Crippen LogP contribution is -2.61. The summed E-state index contributed by atoms with van der Waals surface area (Å²) >= 11 is 0. The minimum absolute atomic E-state index is 0.0482. The minimum Gasteiger partial charge on any atom is -0.507 e. The van der Waals surface area contributed by atoms with Crippen molar-refractivity contribution < 1.29 is 49.0 Å². The lowest BCUT2D eigenvalue weighted by atomic mass is 9.99. The summed E-state index contributed by atoms with van der Waals surface area (Å²) in [5, 5.41) is 49.2. The number of methoxy groups -OCH3 is 1. The first kappa shape index (κ1) is 22.6. The van der Waals surface area contributed by atoms with Crippen LogP contribution in [-0.2, 0) is 9.53 Å². The maximum absolute atomic E-state index is 13.0. The number of fused-ring (bicyclic) bond motifs is 1. The maximum Gasteiger partial charge on any atom is 0.335 e. The molecule has 2 heterocycles. The second-order valence-corrected chi connectivity index (χ2v) is 7.38. The summed E-state index contributed by atoms with van der Waals surface area (Å²) in [5.74, 6) is -1.60. The van der Waals surface area contributed by atoms with Gasteiger partial charge in [0.15, 0.2) is 6.10 Å². The van der Waals surface area contributed by atoms with Crippen molar-refractivity contribution in [3.8, 4) is 28.4 Å². The van der Waals surface area contributed by atoms with Crippen molar-refractivity contribution in [2.75, 3.05) is 7.11 Å². The average Bonchev–Trinajstić information content (AvgIpc) is 2.79. The molecule has 5 atom stereocenters. The number of carbonyl (C=O) groups is 1. The van der Waals surface area contributed by atoms with E-state index in [1.54, 1.807) is 24.3 Å². The number of ether oxygens (including phenoxy) is 3. The number of phenols is 1. The van der Waals surface area contributed by atoms with Gasteiger partial charge in [-0.1, -0.05) is 12.1 Å². The highest BCUT2D eigenvalue weighted by molar-refractivity contribution is 5.88. The molecule has 0 saturated carbocycles. The zero-order chi connectivity index (χ0) is 23.9. The van der Waals surface area contributed by atoms with E-state index in [0.717, 1.165) is 6.07 Å². The number of carboxylic acid groups (broad SMARTS) is 1. The van der Waals surface area contributed by atoms with E-state index in [1.807, 2.05) is 0 Å². The summed E-state index contributed by atoms with van der Waals surface area (Å²) in [6, 6.07) is 8.94. The Balaban J connectivity index is 1.67. The largest absolute Gasteiger partial charge is 0.507 e. The second-order valence-electron chi connectivity index (χ2n) is 7.38. The van der Waals surface area contributed by atoms with Crippen molar-refractivity contribution in [1.29, 1.82) is 0 Å². The third-order valence-corrected chi connectivity index (χ3v) is 5.30. The molecule has 33 heavy (non-hydrogen) atoms. The van der Waals surface area contributed by atoms with Crippen LogP contribution >= 0.6 is 0 Å². The van der Waals surface area contributed by atoms with Crippen LogP contribution in [-0.4, -0.2) is 69.3 Å². The zero-order valence-electron chi connectivity index (χ0n) is 17.1. The maximum atomic E-state index is 13.0. The summed E-state index contributed by atoms with van der Waals surface area (Å²) in [4.78, 5) is 24.2. The van der Waals surface area contributed by atoms with E-state index in [4.69, 9.17) is 23.7 Å². The first-order chi connectivity index (χ1) is 15.7. The molecule has 11 nitrogen and oxygen atoms in total. The van der Waals surface area contributed by atoms with E-state index >= 15 is 0 Å². The average molecular weight is 460 g/mol. The first-order valence-electron chi connectivity index (χ1n) is 9.73. The molecule has 11 heteroatoms. The van der Waals surface area contributed by atoms with Crippen LogP contribution in [0.25, 0.3) is 22.1 Å². The number of rotatable bonds is 5. The molecule has 0 aliphatic carbocycles. The number of phenolic OH excluding ortho intramolecular Hbond substituents is 1. The highest BCUT2D eigenvalue weighted by Gasteiger charge is 2.48. The van der Waals surface area contributed by atoms with Crippen molar-refractivity contribution >= 4 is 16.9 Å². The molecule has 0 spiro atoms. The number of hydrogen-bond donors (Lipinski definition) is 5. The monoisotopic (exact) mass is 460 g/mol. The number of hydrogen-bond acceptors (Lipinski definition) is 10. The predicted molar refractivity (Wildman–Crippen MR) is 111 cm³/mol. The Kier molecular flexibility index (Phi) is 5.95. The Morgan fingerprint density at radius 3 is 2.33 bits per heavy atom. The van der Waals surface area contributed by atoms with Gasteiger partial charge >= 0.3 is 5.97 Å². The SMILES string of the molecule is COc1ccc(-c2coc3cc(O[C@@H]4O[C@@H](C(=O)O)[C@H](O)[C@@H](O)[C@@H]4O)cc(O)c3c2=O)cc1. The summed E-state index contributed by atoms with van der Waals surface area (Å²) < 4.78 is 21.1. The van der Waals surface area contributed by atoms with E-state index in [-0.39, 0.29) is 22.3 Å². The van der Waals surface area contributed by atoms with Crippen molar-refractivity contribution in [3.05, 3.63) is 52.9 Å². The molecule has 1 aromatic heterocycles. The van der Waals surface area contributed by atoms with Crippen LogP contribution in [0.3, 0.4) is 0 Å². The quantitative estimate of drug-likeness (QED) is 0.357. The van der Waals surface area contributed by atoms with E-state index in [2.05, 4.69) is 0 Å². The Hall–Kier alpha value is -3.64. The van der Waals surface area contributed by atoms with Crippen molar-refractivity contribution in [2.45, 2.75) is 30.7 Å². The third-order valence-electron chi connectivity index (χ3n) is 5.30. The minimum atomic E-state index is -1.88. The van der Waals surface area contributed by atoms with Gasteiger partial charge in [0.05, 0.1) is 12.7 Å². The molecule has 1 fully saturated rings. The fourth-order valence-corrected chi connectivity index (χ4v) is 3.53. The molecular weight excluding hydrogens is 440 g/mol. The van der Waals surface area contributed by atoms with Crippen LogP contribution in [0.15, 0.2) is 51.9 Å². The molecule has 3 aromatic rings. The van der Waals surface area contributed by atoms with Gasteiger partial charge in [0.1, 0.15) is 52.8 Å². The molecule has 0 bridgehead atoms. The van der Waals surface area contributed by atoms with E-state index in [9.17, 15) is 30.0 Å². The smallest absolute Gasteiger partial charge is 0.335 e. The van der Waals surface area contributed by atoms with E-state index in [1.165, 1.54) is 19.4 Å². The Morgan fingerprint density at radius 2 is 1.70 bits per heavy atom. The highest BCUT2D eigenvalue weighted by Crippen LogP contribution is 2.33. The van der Waals surface area contributed by atoms with E-state index in [0.29, 0.717) is 11.3 Å². The van der Waals surface area contributed by atoms with Gasteiger partial charge in [-0.05, 0) is 17.7 Å². The van der Waals surface area contributed by atoms with Crippen LogP contribution in [0.1, 0.15) is 0 Å². The lowest BCUT2D eigenvalue weighted by Gasteiger charge is -2.38. The van der Waals surface area contributed by atoms with Gasteiger partial charge in [-0.3, -0.25) is 4.79 Å². The van der Waals surface area contributed by atoms with Gasteiger partial charge in [-0.25, -0.2) is 4.79 Å². The summed E-state index contributed by atoms with van der Waals surface area (Å²) in [6.07, 6.45) is -7.86. The molecule has 0 radical (unpaired) electrons. The third kappa shape index (κ3) is 4.10. The van der Waals surface area contributed by atoms with E-state index < -0.39 is 47.9 Å². The molecule has 1 aliphatic heterocycles. The first-order valence-corrected chi connectivity index (χ1v) is 9.73. The Bertz CT molecular complexity index is 1230.